The van der Waals surface area contributed by atoms with Crippen LogP contribution in [-0.4, -0.2) is 62.3 Å². The first-order valence-electron chi connectivity index (χ1n) is 5.07. The molecular formula is C9H16ClN3O5. The molecule has 0 bridgehead atoms. The van der Waals surface area contributed by atoms with Gasteiger partial charge in [-0.15, -0.1) is 12.4 Å². The van der Waals surface area contributed by atoms with E-state index in [2.05, 4.69) is 5.32 Å². The summed E-state index contributed by atoms with van der Waals surface area (Å²) in [6, 6.07) is 0. The van der Waals surface area contributed by atoms with Crippen LogP contribution in [0.5, 0.6) is 0 Å². The van der Waals surface area contributed by atoms with Crippen molar-refractivity contribution in [3.05, 3.63) is 0 Å². The van der Waals surface area contributed by atoms with Crippen LogP contribution in [-0.2, 0) is 19.1 Å². The number of carbonyl (C=O) groups is 3. The maximum absolute atomic E-state index is 11.3. The molecular weight excluding hydrogens is 266 g/mol. The maximum Gasteiger partial charge on any atom is 0.407 e. The lowest BCUT2D eigenvalue weighted by Crippen LogP contribution is -2.37. The van der Waals surface area contributed by atoms with Crippen molar-refractivity contribution in [3.8, 4) is 0 Å². The highest BCUT2D eigenvalue weighted by atomic mass is 35.5. The van der Waals surface area contributed by atoms with Crippen molar-refractivity contribution >= 4 is 30.4 Å². The number of likely N-dealkylation sites (N-methyl/N-ethyl adjacent to an activating group) is 1. The Balaban J connectivity index is 0.00000289. The zero-order chi connectivity index (χ0) is 12.8. The largest absolute Gasteiger partial charge is 0.460 e. The van der Waals surface area contributed by atoms with Crippen LogP contribution >= 0.6 is 12.4 Å². The molecule has 0 spiro atoms. The SMILES string of the molecule is CN(CC(=O)OC[C@@H]1CNC(=O)O1)C(=O)CN.Cl. The van der Waals surface area contributed by atoms with E-state index in [4.69, 9.17) is 15.2 Å². The van der Waals surface area contributed by atoms with Crippen molar-refractivity contribution in [3.63, 3.8) is 0 Å². The zero-order valence-corrected chi connectivity index (χ0v) is 10.7. The summed E-state index contributed by atoms with van der Waals surface area (Å²) in [7, 11) is 1.45. The van der Waals surface area contributed by atoms with Gasteiger partial charge < -0.3 is 25.4 Å². The summed E-state index contributed by atoms with van der Waals surface area (Å²) in [6.45, 7) is -0.0516. The standard InChI is InChI=1S/C9H15N3O5.ClH/c1-12(7(13)2-10)4-8(14)16-5-6-3-11-9(15)17-6;/h6H,2-5,10H2,1H3,(H,11,15);1H/t6-;/m0./s1. The molecule has 2 amide bonds. The fourth-order valence-corrected chi connectivity index (χ4v) is 1.19. The van der Waals surface area contributed by atoms with E-state index in [-0.39, 0.29) is 38.0 Å². The van der Waals surface area contributed by atoms with Crippen molar-refractivity contribution in [2.75, 3.05) is 33.3 Å². The van der Waals surface area contributed by atoms with Crippen molar-refractivity contribution in [2.45, 2.75) is 6.10 Å². The average molecular weight is 282 g/mol. The third-order valence-electron chi connectivity index (χ3n) is 2.14. The van der Waals surface area contributed by atoms with Crippen LogP contribution in [0.3, 0.4) is 0 Å². The van der Waals surface area contributed by atoms with Crippen LogP contribution in [0.25, 0.3) is 0 Å². The quantitative estimate of drug-likeness (QED) is 0.592. The number of esters is 1. The second-order valence-corrected chi connectivity index (χ2v) is 3.55. The van der Waals surface area contributed by atoms with E-state index in [0.717, 1.165) is 0 Å². The summed E-state index contributed by atoms with van der Waals surface area (Å²) < 4.78 is 9.61. The van der Waals surface area contributed by atoms with E-state index in [1.54, 1.807) is 0 Å². The van der Waals surface area contributed by atoms with Crippen LogP contribution in [0.1, 0.15) is 0 Å². The van der Waals surface area contributed by atoms with Gasteiger partial charge in [0.1, 0.15) is 13.2 Å². The van der Waals surface area contributed by atoms with Crippen molar-refractivity contribution in [2.24, 2.45) is 5.73 Å². The molecule has 8 nitrogen and oxygen atoms in total. The van der Waals surface area contributed by atoms with Gasteiger partial charge in [0.05, 0.1) is 13.1 Å². The Morgan fingerprint density at radius 2 is 2.28 bits per heavy atom. The summed E-state index contributed by atoms with van der Waals surface area (Å²) in [5.41, 5.74) is 5.13. The van der Waals surface area contributed by atoms with Gasteiger partial charge in [0.25, 0.3) is 0 Å². The normalized spacial score (nSPS) is 17.2. The molecule has 0 aliphatic carbocycles. The molecule has 0 aromatic heterocycles. The highest BCUT2D eigenvalue weighted by molar-refractivity contribution is 5.85. The monoisotopic (exact) mass is 281 g/mol. The number of nitrogens with two attached hydrogens (primary N) is 1. The first-order valence-corrected chi connectivity index (χ1v) is 5.07. The molecule has 104 valence electrons. The number of alkyl carbamates (subject to hydrolysis) is 1. The van der Waals surface area contributed by atoms with Crippen LogP contribution in [0.4, 0.5) is 4.79 Å². The van der Waals surface area contributed by atoms with Gasteiger partial charge in [-0.1, -0.05) is 0 Å². The molecule has 1 heterocycles. The van der Waals surface area contributed by atoms with Crippen molar-refractivity contribution < 1.29 is 23.9 Å². The van der Waals surface area contributed by atoms with E-state index >= 15 is 0 Å². The predicted molar refractivity (Wildman–Crippen MR) is 63.2 cm³/mol. The highest BCUT2D eigenvalue weighted by Crippen LogP contribution is 2.00. The Hall–Kier alpha value is -1.54. The number of halogens is 1. The van der Waals surface area contributed by atoms with Crippen molar-refractivity contribution in [1.82, 2.24) is 10.2 Å². The number of carbonyl (C=O) groups excluding carboxylic acids is 3. The van der Waals surface area contributed by atoms with Crippen LogP contribution in [0, 0.1) is 0 Å². The molecule has 1 saturated heterocycles. The van der Waals surface area contributed by atoms with Gasteiger partial charge in [0.2, 0.25) is 5.91 Å². The Kier molecular flexibility index (Phi) is 7.06. The van der Waals surface area contributed by atoms with E-state index in [1.165, 1.54) is 11.9 Å². The van der Waals surface area contributed by atoms with Crippen LogP contribution in [0.2, 0.25) is 0 Å². The molecule has 1 fully saturated rings. The molecule has 1 rings (SSSR count). The van der Waals surface area contributed by atoms with Crippen LogP contribution < -0.4 is 11.1 Å². The Labute approximate surface area is 110 Å². The van der Waals surface area contributed by atoms with Crippen molar-refractivity contribution in [1.29, 1.82) is 0 Å². The lowest BCUT2D eigenvalue weighted by Gasteiger charge is -2.15. The zero-order valence-electron chi connectivity index (χ0n) is 9.88. The van der Waals surface area contributed by atoms with Gasteiger partial charge in [-0.3, -0.25) is 9.59 Å². The smallest absolute Gasteiger partial charge is 0.407 e. The lowest BCUT2D eigenvalue weighted by atomic mass is 10.4. The third kappa shape index (κ3) is 5.19. The van der Waals surface area contributed by atoms with Gasteiger partial charge in [-0.05, 0) is 0 Å². The number of ether oxygens (including phenoxy) is 2. The molecule has 1 aliphatic rings. The van der Waals surface area contributed by atoms with Gasteiger partial charge in [-0.2, -0.15) is 0 Å². The second kappa shape index (κ2) is 7.72. The maximum atomic E-state index is 11.3. The fourth-order valence-electron chi connectivity index (χ4n) is 1.19. The first-order chi connectivity index (χ1) is 8.02. The number of cyclic esters (lactones) is 1. The highest BCUT2D eigenvalue weighted by Gasteiger charge is 2.24. The second-order valence-electron chi connectivity index (χ2n) is 3.55. The molecule has 0 aromatic rings. The molecule has 18 heavy (non-hydrogen) atoms. The summed E-state index contributed by atoms with van der Waals surface area (Å²) in [6.07, 6.45) is -0.997. The van der Waals surface area contributed by atoms with E-state index in [9.17, 15) is 14.4 Å². The summed E-state index contributed by atoms with van der Waals surface area (Å²) in [4.78, 5) is 34.2. The molecule has 0 radical (unpaired) electrons. The molecule has 1 atom stereocenters. The number of rotatable bonds is 5. The fraction of sp³-hybridized carbons (Fsp3) is 0.667. The molecule has 0 aromatic carbocycles. The third-order valence-corrected chi connectivity index (χ3v) is 2.14. The van der Waals surface area contributed by atoms with Gasteiger partial charge in [-0.25, -0.2) is 4.79 Å². The minimum atomic E-state index is -0.572. The Bertz CT molecular complexity index is 325. The van der Waals surface area contributed by atoms with Gasteiger partial charge >= 0.3 is 12.1 Å². The van der Waals surface area contributed by atoms with E-state index in [1.807, 2.05) is 0 Å². The van der Waals surface area contributed by atoms with Gasteiger partial charge in [0.15, 0.2) is 6.10 Å². The van der Waals surface area contributed by atoms with E-state index in [0.29, 0.717) is 6.54 Å². The summed E-state index contributed by atoms with van der Waals surface area (Å²) in [5.74, 6) is -0.923. The number of amides is 2. The molecule has 0 saturated carbocycles. The molecule has 9 heteroatoms. The minimum absolute atomic E-state index is 0. The van der Waals surface area contributed by atoms with E-state index < -0.39 is 18.2 Å². The lowest BCUT2D eigenvalue weighted by molar-refractivity contribution is -0.150. The average Bonchev–Trinajstić information content (AvgIpc) is 2.71. The molecule has 0 unspecified atom stereocenters. The number of nitrogens with zero attached hydrogens (tertiary/aromatic N) is 1. The Morgan fingerprint density at radius 3 is 2.78 bits per heavy atom. The van der Waals surface area contributed by atoms with Gasteiger partial charge in [0, 0.05) is 7.05 Å². The summed E-state index contributed by atoms with van der Waals surface area (Å²) >= 11 is 0. The molecule has 1 aliphatic heterocycles. The molecule has 3 N–H and O–H groups in total. The summed E-state index contributed by atoms with van der Waals surface area (Å²) in [5, 5.41) is 2.43. The topological polar surface area (TPSA) is 111 Å². The Morgan fingerprint density at radius 1 is 1.61 bits per heavy atom. The minimum Gasteiger partial charge on any atom is -0.460 e. The number of hydrogen-bond donors (Lipinski definition) is 2. The van der Waals surface area contributed by atoms with Crippen LogP contribution in [0.15, 0.2) is 0 Å². The number of nitrogens with one attached hydrogen (secondary N) is 1. The number of hydrogen-bond acceptors (Lipinski definition) is 6. The predicted octanol–water partition coefficient (Wildman–Crippen LogP) is -1.52. The first kappa shape index (κ1) is 16.5.